The minimum atomic E-state index is 0.925. The summed E-state index contributed by atoms with van der Waals surface area (Å²) in [7, 11) is 2.21. The SMILES string of the molecule is C=C1C=C(N2CCCCC2)C2=C(C=CC(N(C)/C(=C\CC)c3ccc(/C(=C/C)CCC)cc3)=CC2)N1CC. The summed E-state index contributed by atoms with van der Waals surface area (Å²) in [6.07, 6.45) is 22.1. The van der Waals surface area contributed by atoms with Crippen molar-refractivity contribution < 1.29 is 0 Å². The third-order valence-corrected chi connectivity index (χ3v) is 8.06. The molecule has 0 bridgehead atoms. The van der Waals surface area contributed by atoms with Crippen molar-refractivity contribution in [3.8, 4) is 0 Å². The second-order valence-electron chi connectivity index (χ2n) is 10.5. The van der Waals surface area contributed by atoms with E-state index in [0.29, 0.717) is 0 Å². The highest BCUT2D eigenvalue weighted by atomic mass is 15.2. The summed E-state index contributed by atoms with van der Waals surface area (Å²) in [6, 6.07) is 9.15. The lowest BCUT2D eigenvalue weighted by atomic mass is 9.97. The summed E-state index contributed by atoms with van der Waals surface area (Å²) >= 11 is 0. The van der Waals surface area contributed by atoms with E-state index in [1.807, 2.05) is 0 Å². The predicted molar refractivity (Wildman–Crippen MR) is 165 cm³/mol. The lowest BCUT2D eigenvalue weighted by molar-refractivity contribution is 0.284. The summed E-state index contributed by atoms with van der Waals surface area (Å²) in [5.74, 6) is 0. The van der Waals surface area contributed by atoms with Gasteiger partial charge in [-0.05, 0) is 87.3 Å². The monoisotopic (exact) mass is 509 g/mol. The lowest BCUT2D eigenvalue weighted by Crippen LogP contribution is -2.34. The molecular formula is C35H47N3. The molecule has 3 aliphatic rings. The van der Waals surface area contributed by atoms with Crippen LogP contribution in [0.2, 0.25) is 0 Å². The molecule has 2 aliphatic heterocycles. The highest BCUT2D eigenvalue weighted by Gasteiger charge is 2.27. The Morgan fingerprint density at radius 1 is 1.00 bits per heavy atom. The highest BCUT2D eigenvalue weighted by Crippen LogP contribution is 2.37. The minimum Gasteiger partial charge on any atom is -0.371 e. The van der Waals surface area contributed by atoms with E-state index >= 15 is 0 Å². The van der Waals surface area contributed by atoms with Gasteiger partial charge in [-0.1, -0.05) is 69.3 Å². The van der Waals surface area contributed by atoms with Gasteiger partial charge < -0.3 is 14.7 Å². The Morgan fingerprint density at radius 3 is 2.34 bits per heavy atom. The van der Waals surface area contributed by atoms with Crippen LogP contribution in [0.25, 0.3) is 11.3 Å². The number of allylic oxidation sites excluding steroid dienone is 8. The molecule has 0 amide bonds. The van der Waals surface area contributed by atoms with E-state index in [-0.39, 0.29) is 0 Å². The molecule has 3 heteroatoms. The molecule has 1 aliphatic carbocycles. The average molecular weight is 510 g/mol. The lowest BCUT2D eigenvalue weighted by Gasteiger charge is -2.38. The van der Waals surface area contributed by atoms with Crippen LogP contribution >= 0.6 is 0 Å². The third kappa shape index (κ3) is 5.93. The van der Waals surface area contributed by atoms with Gasteiger partial charge in [0.15, 0.2) is 0 Å². The van der Waals surface area contributed by atoms with Crippen molar-refractivity contribution in [1.82, 2.24) is 14.7 Å². The maximum atomic E-state index is 4.43. The fourth-order valence-electron chi connectivity index (χ4n) is 6.01. The van der Waals surface area contributed by atoms with Gasteiger partial charge in [-0.25, -0.2) is 0 Å². The summed E-state index contributed by atoms with van der Waals surface area (Å²) in [5.41, 5.74) is 11.7. The molecule has 1 aromatic rings. The van der Waals surface area contributed by atoms with E-state index < -0.39 is 0 Å². The molecule has 0 aromatic heterocycles. The molecule has 2 heterocycles. The zero-order valence-electron chi connectivity index (χ0n) is 24.4. The maximum Gasteiger partial charge on any atom is 0.0467 e. The van der Waals surface area contributed by atoms with Crippen LogP contribution < -0.4 is 0 Å². The van der Waals surface area contributed by atoms with Crippen molar-refractivity contribution in [2.45, 2.75) is 72.6 Å². The van der Waals surface area contributed by atoms with E-state index in [1.54, 1.807) is 0 Å². The topological polar surface area (TPSA) is 9.72 Å². The van der Waals surface area contributed by atoms with Gasteiger partial charge in [-0.15, -0.1) is 0 Å². The van der Waals surface area contributed by atoms with E-state index in [4.69, 9.17) is 0 Å². The van der Waals surface area contributed by atoms with Crippen LogP contribution in [0.3, 0.4) is 0 Å². The molecule has 202 valence electrons. The van der Waals surface area contributed by atoms with Crippen LogP contribution in [0.4, 0.5) is 0 Å². The first-order chi connectivity index (χ1) is 18.5. The van der Waals surface area contributed by atoms with Crippen LogP contribution in [0.5, 0.6) is 0 Å². The van der Waals surface area contributed by atoms with Crippen molar-refractivity contribution in [3.63, 3.8) is 0 Å². The first-order valence-corrected chi connectivity index (χ1v) is 14.8. The summed E-state index contributed by atoms with van der Waals surface area (Å²) in [6.45, 7) is 16.5. The van der Waals surface area contributed by atoms with E-state index in [1.165, 1.54) is 70.7 Å². The summed E-state index contributed by atoms with van der Waals surface area (Å²) in [4.78, 5) is 7.33. The zero-order valence-corrected chi connectivity index (χ0v) is 24.4. The molecule has 1 fully saturated rings. The Hall–Kier alpha value is -3.20. The standard InChI is InChI=1S/C35H47N3/c1-7-14-28(9-3)29-16-18-30(19-17-29)33(15-8-2)36(6)31-20-22-32-34(23-21-31)38(10-4)27(5)26-35(32)37-24-12-11-13-25-37/h9,15-21,23,26H,5,7-8,10-14,22,24-25H2,1-4,6H3/b28-9+,33-15-. The second kappa shape index (κ2) is 13.0. The van der Waals surface area contributed by atoms with E-state index in [9.17, 15) is 0 Å². The van der Waals surface area contributed by atoms with Gasteiger partial charge >= 0.3 is 0 Å². The van der Waals surface area contributed by atoms with Gasteiger partial charge in [-0.3, -0.25) is 0 Å². The van der Waals surface area contributed by atoms with E-state index in [2.05, 4.69) is 117 Å². The molecule has 0 spiro atoms. The quantitative estimate of drug-likeness (QED) is 0.329. The van der Waals surface area contributed by atoms with Crippen molar-refractivity contribution in [3.05, 3.63) is 107 Å². The number of rotatable bonds is 9. The minimum absolute atomic E-state index is 0.925. The normalized spacial score (nSPS) is 18.8. The Kier molecular flexibility index (Phi) is 9.55. The Balaban J connectivity index is 1.62. The Bertz CT molecular complexity index is 1180. The van der Waals surface area contributed by atoms with Crippen molar-refractivity contribution in [1.29, 1.82) is 0 Å². The van der Waals surface area contributed by atoms with Gasteiger partial charge in [0.25, 0.3) is 0 Å². The van der Waals surface area contributed by atoms with Crippen molar-refractivity contribution in [2.24, 2.45) is 0 Å². The fraction of sp³-hybridized carbons (Fsp3) is 0.429. The van der Waals surface area contributed by atoms with Gasteiger partial charge in [-0.2, -0.15) is 0 Å². The molecule has 0 radical (unpaired) electrons. The maximum absolute atomic E-state index is 4.43. The number of likely N-dealkylation sites (tertiary alicyclic amines) is 1. The highest BCUT2D eigenvalue weighted by molar-refractivity contribution is 5.71. The number of hydrogen-bond donors (Lipinski definition) is 0. The summed E-state index contributed by atoms with van der Waals surface area (Å²) in [5, 5.41) is 0. The van der Waals surface area contributed by atoms with Crippen LogP contribution in [-0.2, 0) is 0 Å². The van der Waals surface area contributed by atoms with Gasteiger partial charge in [0.1, 0.15) is 0 Å². The predicted octanol–water partition coefficient (Wildman–Crippen LogP) is 8.89. The van der Waals surface area contributed by atoms with Crippen LogP contribution in [0.1, 0.15) is 83.8 Å². The number of likely N-dealkylation sites (N-methyl/N-ethyl adjacent to an activating group) is 2. The van der Waals surface area contributed by atoms with Gasteiger partial charge in [0.05, 0.1) is 0 Å². The van der Waals surface area contributed by atoms with Crippen molar-refractivity contribution in [2.75, 3.05) is 26.7 Å². The van der Waals surface area contributed by atoms with Crippen LogP contribution in [0.15, 0.2) is 95.7 Å². The zero-order chi connectivity index (χ0) is 27.1. The first kappa shape index (κ1) is 27.8. The molecule has 0 N–H and O–H groups in total. The number of nitrogens with zero attached hydrogens (tertiary/aromatic N) is 3. The molecule has 4 rings (SSSR count). The smallest absolute Gasteiger partial charge is 0.0467 e. The van der Waals surface area contributed by atoms with Gasteiger partial charge in [0.2, 0.25) is 0 Å². The summed E-state index contributed by atoms with van der Waals surface area (Å²) < 4.78 is 0. The number of benzene rings is 1. The molecule has 0 unspecified atom stereocenters. The molecule has 3 nitrogen and oxygen atoms in total. The third-order valence-electron chi connectivity index (χ3n) is 8.06. The second-order valence-corrected chi connectivity index (χ2v) is 10.5. The Morgan fingerprint density at radius 2 is 1.71 bits per heavy atom. The van der Waals surface area contributed by atoms with E-state index in [0.717, 1.165) is 44.6 Å². The molecule has 0 saturated carbocycles. The molecule has 1 saturated heterocycles. The van der Waals surface area contributed by atoms with Crippen LogP contribution in [0, 0.1) is 0 Å². The average Bonchev–Trinajstić information content (AvgIpc) is 3.18. The largest absolute Gasteiger partial charge is 0.371 e. The fourth-order valence-corrected chi connectivity index (χ4v) is 6.01. The molecule has 1 aromatic carbocycles. The Labute approximate surface area is 231 Å². The first-order valence-electron chi connectivity index (χ1n) is 14.8. The van der Waals surface area contributed by atoms with Gasteiger partial charge in [0, 0.05) is 60.7 Å². The number of piperidine rings is 1. The molecule has 38 heavy (non-hydrogen) atoms. The molecule has 0 atom stereocenters. The van der Waals surface area contributed by atoms with Crippen LogP contribution in [-0.4, -0.2) is 41.4 Å². The van der Waals surface area contributed by atoms with Crippen molar-refractivity contribution >= 4 is 11.3 Å². The number of hydrogen-bond acceptors (Lipinski definition) is 3. The molecular weight excluding hydrogens is 462 g/mol.